The van der Waals surface area contributed by atoms with Gasteiger partial charge < -0.3 is 4.74 Å². The number of hydrogen-bond acceptors (Lipinski definition) is 5. The molecule has 0 aliphatic heterocycles. The summed E-state index contributed by atoms with van der Waals surface area (Å²) in [6, 6.07) is 10.1. The van der Waals surface area contributed by atoms with Crippen molar-refractivity contribution in [1.29, 1.82) is 0 Å². The highest BCUT2D eigenvalue weighted by molar-refractivity contribution is 7.92. The quantitative estimate of drug-likeness (QED) is 0.635. The van der Waals surface area contributed by atoms with Crippen molar-refractivity contribution in [2.24, 2.45) is 0 Å². The largest absolute Gasteiger partial charge is 0.495 e. The Morgan fingerprint density at radius 3 is 2.25 bits per heavy atom. The van der Waals surface area contributed by atoms with Crippen molar-refractivity contribution in [3.63, 3.8) is 0 Å². The summed E-state index contributed by atoms with van der Waals surface area (Å²) < 4.78 is 32.9. The molecule has 2 aromatic rings. The summed E-state index contributed by atoms with van der Waals surface area (Å²) in [4.78, 5) is 10.1. The number of hydrogen-bond donors (Lipinski definition) is 1. The zero-order chi connectivity index (χ0) is 17.9. The Morgan fingerprint density at radius 1 is 1.12 bits per heavy atom. The fourth-order valence-corrected chi connectivity index (χ4v) is 3.39. The average Bonchev–Trinajstić information content (AvgIpc) is 2.54. The van der Waals surface area contributed by atoms with Gasteiger partial charge in [0.15, 0.2) is 0 Å². The van der Waals surface area contributed by atoms with Crippen LogP contribution in [0.2, 0.25) is 0 Å². The van der Waals surface area contributed by atoms with Gasteiger partial charge in [0, 0.05) is 17.8 Å². The van der Waals surface area contributed by atoms with Crippen molar-refractivity contribution < 1.29 is 18.1 Å². The predicted octanol–water partition coefficient (Wildman–Crippen LogP) is 3.53. The molecule has 2 rings (SSSR count). The van der Waals surface area contributed by atoms with Crippen LogP contribution in [0.4, 0.5) is 11.4 Å². The number of ether oxygens (including phenoxy) is 1. The number of nitrogens with zero attached hydrogens (tertiary/aromatic N) is 1. The third-order valence-electron chi connectivity index (χ3n) is 3.47. The van der Waals surface area contributed by atoms with Gasteiger partial charge in [-0.1, -0.05) is 19.9 Å². The molecule has 0 atom stereocenters. The van der Waals surface area contributed by atoms with Crippen LogP contribution in [0, 0.1) is 10.1 Å². The third-order valence-corrected chi connectivity index (χ3v) is 4.88. The highest BCUT2D eigenvalue weighted by Crippen LogP contribution is 2.29. The summed E-state index contributed by atoms with van der Waals surface area (Å²) in [5.74, 6) is 0.387. The number of non-ortho nitro benzene ring substituents is 1. The highest BCUT2D eigenvalue weighted by atomic mass is 32.2. The Bertz CT molecular complexity index is 845. The van der Waals surface area contributed by atoms with Crippen LogP contribution < -0.4 is 9.46 Å². The normalized spacial score (nSPS) is 11.3. The molecule has 128 valence electrons. The van der Waals surface area contributed by atoms with E-state index in [1.807, 2.05) is 19.9 Å². The van der Waals surface area contributed by atoms with Crippen molar-refractivity contribution in [3.8, 4) is 5.75 Å². The summed E-state index contributed by atoms with van der Waals surface area (Å²) in [6.45, 7) is 3.92. The van der Waals surface area contributed by atoms with Crippen LogP contribution in [0.1, 0.15) is 25.3 Å². The van der Waals surface area contributed by atoms with Gasteiger partial charge in [0.25, 0.3) is 15.7 Å². The lowest BCUT2D eigenvalue weighted by molar-refractivity contribution is -0.384. The van der Waals surface area contributed by atoms with E-state index in [0.29, 0.717) is 0 Å². The molecule has 0 aliphatic carbocycles. The smallest absolute Gasteiger partial charge is 0.269 e. The van der Waals surface area contributed by atoms with E-state index in [9.17, 15) is 18.5 Å². The lowest BCUT2D eigenvalue weighted by Crippen LogP contribution is -2.14. The molecule has 0 fully saturated rings. The van der Waals surface area contributed by atoms with Gasteiger partial charge in [-0.15, -0.1) is 0 Å². The fourth-order valence-electron chi connectivity index (χ4n) is 2.12. The van der Waals surface area contributed by atoms with Gasteiger partial charge in [-0.2, -0.15) is 0 Å². The molecule has 0 saturated heterocycles. The van der Waals surface area contributed by atoms with Crippen molar-refractivity contribution in [3.05, 3.63) is 58.1 Å². The summed E-state index contributed by atoms with van der Waals surface area (Å²) >= 11 is 0. The molecule has 0 spiro atoms. The van der Waals surface area contributed by atoms with E-state index in [-0.39, 0.29) is 27.9 Å². The van der Waals surface area contributed by atoms with E-state index in [4.69, 9.17) is 4.74 Å². The maximum absolute atomic E-state index is 12.6. The highest BCUT2D eigenvalue weighted by Gasteiger charge is 2.21. The van der Waals surface area contributed by atoms with E-state index >= 15 is 0 Å². The van der Waals surface area contributed by atoms with Crippen molar-refractivity contribution in [1.82, 2.24) is 0 Å². The second kappa shape index (κ2) is 6.88. The Morgan fingerprint density at radius 2 is 1.75 bits per heavy atom. The minimum atomic E-state index is -3.89. The van der Waals surface area contributed by atoms with Crippen molar-refractivity contribution in [2.75, 3.05) is 11.8 Å². The zero-order valence-electron chi connectivity index (χ0n) is 13.5. The molecule has 0 heterocycles. The first kappa shape index (κ1) is 17.7. The summed E-state index contributed by atoms with van der Waals surface area (Å²) in [5.41, 5.74) is 0.981. The molecular weight excluding hydrogens is 332 g/mol. The topological polar surface area (TPSA) is 98.5 Å². The molecule has 0 aromatic heterocycles. The summed E-state index contributed by atoms with van der Waals surface area (Å²) in [6.07, 6.45) is 0. The summed E-state index contributed by atoms with van der Waals surface area (Å²) in [7, 11) is -2.49. The molecule has 0 aliphatic rings. The predicted molar refractivity (Wildman–Crippen MR) is 91.0 cm³/mol. The van der Waals surface area contributed by atoms with Gasteiger partial charge in [0.1, 0.15) is 10.6 Å². The van der Waals surface area contributed by atoms with E-state index in [1.165, 1.54) is 31.4 Å². The first-order valence-electron chi connectivity index (χ1n) is 7.20. The van der Waals surface area contributed by atoms with Crippen LogP contribution in [-0.4, -0.2) is 20.5 Å². The number of nitro benzene ring substituents is 1. The second-order valence-electron chi connectivity index (χ2n) is 5.47. The van der Waals surface area contributed by atoms with Gasteiger partial charge >= 0.3 is 0 Å². The Labute approximate surface area is 140 Å². The average molecular weight is 350 g/mol. The van der Waals surface area contributed by atoms with Crippen LogP contribution in [-0.2, 0) is 10.0 Å². The molecule has 7 nitrogen and oxygen atoms in total. The minimum absolute atomic E-state index is 0.0227. The number of methoxy groups -OCH3 is 1. The number of nitrogens with one attached hydrogen (secondary N) is 1. The summed E-state index contributed by atoms with van der Waals surface area (Å²) in [5, 5.41) is 10.7. The minimum Gasteiger partial charge on any atom is -0.495 e. The van der Waals surface area contributed by atoms with Gasteiger partial charge in [-0.25, -0.2) is 8.42 Å². The standard InChI is InChI=1S/C16H18N2O5S/c1-11(2)12-4-9-15(23-3)16(10-12)24(21,22)17-13-5-7-14(8-6-13)18(19)20/h4-11,17H,1-3H3. The van der Waals surface area contributed by atoms with Gasteiger partial charge in [0.2, 0.25) is 0 Å². The number of anilines is 1. The molecule has 0 saturated carbocycles. The van der Waals surface area contributed by atoms with E-state index in [1.54, 1.807) is 12.1 Å². The number of rotatable bonds is 6. The molecule has 0 bridgehead atoms. The first-order valence-corrected chi connectivity index (χ1v) is 8.68. The van der Waals surface area contributed by atoms with Gasteiger partial charge in [-0.3, -0.25) is 14.8 Å². The number of sulfonamides is 1. The first-order chi connectivity index (χ1) is 11.2. The van der Waals surface area contributed by atoms with Crippen molar-refractivity contribution >= 4 is 21.4 Å². The lowest BCUT2D eigenvalue weighted by atomic mass is 10.0. The molecule has 0 unspecified atom stereocenters. The Hall–Kier alpha value is -2.61. The third kappa shape index (κ3) is 3.83. The van der Waals surface area contributed by atoms with Crippen LogP contribution in [0.5, 0.6) is 5.75 Å². The Balaban J connectivity index is 2.39. The monoisotopic (exact) mass is 350 g/mol. The van der Waals surface area contributed by atoms with Crippen LogP contribution in [0.3, 0.4) is 0 Å². The molecular formula is C16H18N2O5S. The molecule has 24 heavy (non-hydrogen) atoms. The molecule has 0 radical (unpaired) electrons. The Kier molecular flexibility index (Phi) is 5.08. The van der Waals surface area contributed by atoms with E-state index in [0.717, 1.165) is 5.56 Å². The van der Waals surface area contributed by atoms with E-state index in [2.05, 4.69) is 4.72 Å². The van der Waals surface area contributed by atoms with Crippen LogP contribution >= 0.6 is 0 Å². The molecule has 2 aromatic carbocycles. The zero-order valence-corrected chi connectivity index (χ0v) is 14.3. The van der Waals surface area contributed by atoms with Crippen molar-refractivity contribution in [2.45, 2.75) is 24.7 Å². The van der Waals surface area contributed by atoms with E-state index < -0.39 is 14.9 Å². The molecule has 0 amide bonds. The van der Waals surface area contributed by atoms with Crippen LogP contribution in [0.15, 0.2) is 47.4 Å². The second-order valence-corrected chi connectivity index (χ2v) is 7.13. The molecule has 8 heteroatoms. The number of benzene rings is 2. The van der Waals surface area contributed by atoms with Gasteiger partial charge in [0.05, 0.1) is 12.0 Å². The number of nitro groups is 1. The SMILES string of the molecule is COc1ccc(C(C)C)cc1S(=O)(=O)Nc1ccc([N+](=O)[O-])cc1. The fraction of sp³-hybridized carbons (Fsp3) is 0.250. The molecule has 1 N–H and O–H groups in total. The maximum atomic E-state index is 12.6. The lowest BCUT2D eigenvalue weighted by Gasteiger charge is -2.14. The van der Waals surface area contributed by atoms with Crippen LogP contribution in [0.25, 0.3) is 0 Å². The maximum Gasteiger partial charge on any atom is 0.269 e. The van der Waals surface area contributed by atoms with Gasteiger partial charge in [-0.05, 0) is 35.7 Å².